The van der Waals surface area contributed by atoms with Crippen molar-refractivity contribution in [3.8, 4) is 11.5 Å². The Labute approximate surface area is 230 Å². The maximum absolute atomic E-state index is 11.3. The van der Waals surface area contributed by atoms with E-state index in [1.165, 1.54) is 6.20 Å². The number of carbonyl (C=O) groups excluding carboxylic acids is 1. The van der Waals surface area contributed by atoms with Gasteiger partial charge in [0.25, 0.3) is 0 Å². The van der Waals surface area contributed by atoms with Crippen LogP contribution in [0.4, 0.5) is 39.3 Å². The monoisotopic (exact) mass is 559 g/mol. The Morgan fingerprint density at radius 3 is 2.63 bits per heavy atom. The molecule has 13 heteroatoms. The van der Waals surface area contributed by atoms with E-state index in [2.05, 4.69) is 39.3 Å². The molecule has 0 bridgehead atoms. The molecule has 2 aromatic carbocycles. The number of primary amides is 1. The lowest BCUT2D eigenvalue weighted by atomic mass is 10.2. The van der Waals surface area contributed by atoms with Gasteiger partial charge in [0, 0.05) is 35.4 Å². The van der Waals surface area contributed by atoms with Gasteiger partial charge in [-0.25, -0.2) is 9.78 Å². The molecular formula is C25H30ClN7O4S. The fourth-order valence-corrected chi connectivity index (χ4v) is 4.87. The number of hydrogen-bond acceptors (Lipinski definition) is 11. The van der Waals surface area contributed by atoms with Gasteiger partial charge < -0.3 is 41.2 Å². The molecule has 0 radical (unpaired) electrons. The predicted molar refractivity (Wildman–Crippen MR) is 152 cm³/mol. The van der Waals surface area contributed by atoms with Gasteiger partial charge in [0.2, 0.25) is 5.95 Å². The van der Waals surface area contributed by atoms with Gasteiger partial charge in [-0.2, -0.15) is 4.98 Å². The summed E-state index contributed by atoms with van der Waals surface area (Å²) in [6.45, 7) is 6.93. The van der Waals surface area contributed by atoms with E-state index in [4.69, 9.17) is 37.3 Å². The minimum atomic E-state index is -0.903. The van der Waals surface area contributed by atoms with Crippen LogP contribution in [0.15, 0.2) is 41.4 Å². The molecule has 1 amide bonds. The second-order valence-electron chi connectivity index (χ2n) is 8.60. The molecule has 6 N–H and O–H groups in total. The summed E-state index contributed by atoms with van der Waals surface area (Å²) < 4.78 is 16.1. The van der Waals surface area contributed by atoms with Crippen LogP contribution in [-0.2, 0) is 4.74 Å². The molecule has 0 spiro atoms. The van der Waals surface area contributed by atoms with Gasteiger partial charge in [0.05, 0.1) is 49.3 Å². The SMILES string of the molecule is COc1cc(N2CCOCC2)c(N)cc1Nc1ncc(Cl)c(Nc2cc(OC(N)=O)ccc2SC(C)C)n1. The number of nitrogen functional groups attached to an aromatic ring is 1. The first-order chi connectivity index (χ1) is 18.2. The van der Waals surface area contributed by atoms with Gasteiger partial charge in [0.15, 0.2) is 5.82 Å². The van der Waals surface area contributed by atoms with E-state index in [-0.39, 0.29) is 11.7 Å². The maximum atomic E-state index is 11.3. The van der Waals surface area contributed by atoms with Crippen molar-refractivity contribution in [3.05, 3.63) is 41.6 Å². The smallest absolute Gasteiger partial charge is 0.409 e. The van der Waals surface area contributed by atoms with Crippen LogP contribution in [0.5, 0.6) is 11.5 Å². The number of amides is 1. The molecule has 1 aliphatic rings. The first-order valence-electron chi connectivity index (χ1n) is 11.9. The highest BCUT2D eigenvalue weighted by molar-refractivity contribution is 8.00. The summed E-state index contributed by atoms with van der Waals surface area (Å²) in [5.74, 6) is 1.50. The third-order valence-electron chi connectivity index (χ3n) is 5.48. The van der Waals surface area contributed by atoms with Gasteiger partial charge in [-0.05, 0) is 18.2 Å². The van der Waals surface area contributed by atoms with Crippen molar-refractivity contribution in [3.63, 3.8) is 0 Å². The molecule has 1 aromatic heterocycles. The van der Waals surface area contributed by atoms with E-state index in [1.807, 2.05) is 12.1 Å². The lowest BCUT2D eigenvalue weighted by molar-refractivity contribution is 0.122. The molecule has 1 fully saturated rings. The first kappa shape index (κ1) is 27.4. The molecule has 0 aliphatic carbocycles. The number of halogens is 1. The highest BCUT2D eigenvalue weighted by Gasteiger charge is 2.18. The Morgan fingerprint density at radius 2 is 1.95 bits per heavy atom. The average Bonchev–Trinajstić information content (AvgIpc) is 2.87. The van der Waals surface area contributed by atoms with Crippen molar-refractivity contribution < 1.29 is 19.0 Å². The van der Waals surface area contributed by atoms with Crippen LogP contribution in [0.2, 0.25) is 5.02 Å². The third kappa shape index (κ3) is 6.82. The maximum Gasteiger partial charge on any atom is 0.409 e. The number of carbonyl (C=O) groups is 1. The fourth-order valence-electron chi connectivity index (χ4n) is 3.84. The van der Waals surface area contributed by atoms with Crippen LogP contribution in [0, 0.1) is 0 Å². The second-order valence-corrected chi connectivity index (χ2v) is 10.6. The zero-order chi connectivity index (χ0) is 27.2. The van der Waals surface area contributed by atoms with Crippen LogP contribution in [-0.4, -0.2) is 54.7 Å². The number of hydrogen-bond donors (Lipinski definition) is 4. The van der Waals surface area contributed by atoms with E-state index >= 15 is 0 Å². The van der Waals surface area contributed by atoms with Crippen molar-refractivity contribution in [1.82, 2.24) is 9.97 Å². The summed E-state index contributed by atoms with van der Waals surface area (Å²) in [5.41, 5.74) is 14.3. The number of aromatic nitrogens is 2. The van der Waals surface area contributed by atoms with Crippen LogP contribution in [0.25, 0.3) is 0 Å². The number of thioether (sulfide) groups is 1. The number of morpholine rings is 1. The van der Waals surface area contributed by atoms with E-state index < -0.39 is 6.09 Å². The number of methoxy groups -OCH3 is 1. The summed E-state index contributed by atoms with van der Waals surface area (Å²) in [7, 11) is 1.59. The Kier molecular flexibility index (Phi) is 8.87. The number of ether oxygens (including phenoxy) is 3. The lowest BCUT2D eigenvalue weighted by Crippen LogP contribution is -2.36. The van der Waals surface area contributed by atoms with Crippen LogP contribution in [0.1, 0.15) is 13.8 Å². The Morgan fingerprint density at radius 1 is 1.18 bits per heavy atom. The average molecular weight is 560 g/mol. The lowest BCUT2D eigenvalue weighted by Gasteiger charge is -2.30. The Bertz CT molecular complexity index is 1300. The summed E-state index contributed by atoms with van der Waals surface area (Å²) in [6, 6.07) is 8.85. The quantitative estimate of drug-likeness (QED) is 0.207. The van der Waals surface area contributed by atoms with Crippen molar-refractivity contribution in [1.29, 1.82) is 0 Å². The van der Waals surface area contributed by atoms with E-state index in [1.54, 1.807) is 37.1 Å². The van der Waals surface area contributed by atoms with Crippen molar-refractivity contribution in [2.24, 2.45) is 5.73 Å². The molecule has 0 saturated carbocycles. The van der Waals surface area contributed by atoms with Crippen LogP contribution >= 0.6 is 23.4 Å². The Hall–Kier alpha value is -3.61. The zero-order valence-corrected chi connectivity index (χ0v) is 22.9. The van der Waals surface area contributed by atoms with E-state index in [9.17, 15) is 4.79 Å². The van der Waals surface area contributed by atoms with Gasteiger partial charge in [0.1, 0.15) is 16.5 Å². The van der Waals surface area contributed by atoms with Crippen molar-refractivity contribution in [2.75, 3.05) is 54.7 Å². The molecule has 38 heavy (non-hydrogen) atoms. The topological polar surface area (TPSA) is 150 Å². The number of nitrogens with one attached hydrogen (secondary N) is 2. The van der Waals surface area contributed by atoms with Gasteiger partial charge in [-0.15, -0.1) is 11.8 Å². The van der Waals surface area contributed by atoms with Gasteiger partial charge in [-0.1, -0.05) is 25.4 Å². The Balaban J connectivity index is 1.62. The van der Waals surface area contributed by atoms with Crippen LogP contribution < -0.4 is 36.5 Å². The number of rotatable bonds is 9. The standard InChI is InChI=1S/C25H30ClN7O4S/c1-14(2)38-22-5-4-15(37-24(28)34)10-19(22)30-23-16(26)13-29-25(32-23)31-18-11-17(27)20(12-21(18)35-3)33-6-8-36-9-7-33/h4-5,10-14H,6-9,27H2,1-3H3,(H2,28,34)(H2,29,30,31,32). The minimum absolute atomic E-state index is 0.274. The number of benzene rings is 2. The molecule has 3 aromatic rings. The van der Waals surface area contributed by atoms with E-state index in [0.29, 0.717) is 52.1 Å². The number of nitrogens with zero attached hydrogens (tertiary/aromatic N) is 3. The molecule has 11 nitrogen and oxygen atoms in total. The van der Waals surface area contributed by atoms with Crippen LogP contribution in [0.3, 0.4) is 0 Å². The molecule has 0 atom stereocenters. The molecule has 0 unspecified atom stereocenters. The summed E-state index contributed by atoms with van der Waals surface area (Å²) >= 11 is 8.06. The predicted octanol–water partition coefficient (Wildman–Crippen LogP) is 5.00. The molecular weight excluding hydrogens is 530 g/mol. The first-order valence-corrected chi connectivity index (χ1v) is 13.1. The summed E-state index contributed by atoms with van der Waals surface area (Å²) in [5, 5.41) is 7.00. The highest BCUT2D eigenvalue weighted by atomic mass is 35.5. The highest BCUT2D eigenvalue weighted by Crippen LogP contribution is 2.38. The van der Waals surface area contributed by atoms with Crippen molar-refractivity contribution >= 4 is 64.0 Å². The second kappa shape index (κ2) is 12.3. The summed E-state index contributed by atoms with van der Waals surface area (Å²) in [4.78, 5) is 23.2. The van der Waals surface area contributed by atoms with E-state index in [0.717, 1.165) is 23.7 Å². The minimum Gasteiger partial charge on any atom is -0.494 e. The number of nitrogens with two attached hydrogens (primary N) is 2. The number of anilines is 6. The molecule has 2 heterocycles. The van der Waals surface area contributed by atoms with Gasteiger partial charge >= 0.3 is 6.09 Å². The van der Waals surface area contributed by atoms with Gasteiger partial charge in [-0.3, -0.25) is 0 Å². The zero-order valence-electron chi connectivity index (χ0n) is 21.3. The fraction of sp³-hybridized carbons (Fsp3) is 0.320. The van der Waals surface area contributed by atoms with Crippen molar-refractivity contribution in [2.45, 2.75) is 24.0 Å². The molecule has 1 saturated heterocycles. The summed E-state index contributed by atoms with van der Waals surface area (Å²) in [6.07, 6.45) is 0.579. The molecule has 4 rings (SSSR count). The molecule has 202 valence electrons. The normalized spacial score (nSPS) is 13.3. The third-order valence-corrected chi connectivity index (χ3v) is 6.83. The largest absolute Gasteiger partial charge is 0.494 e. The molecule has 1 aliphatic heterocycles.